The Labute approximate surface area is 131 Å². The molecule has 0 bridgehead atoms. The first-order valence-electron chi connectivity index (χ1n) is 5.55. The molecule has 108 valence electrons. The van der Waals surface area contributed by atoms with Crippen LogP contribution in [0.25, 0.3) is 0 Å². The molecule has 0 aliphatic heterocycles. The summed E-state index contributed by atoms with van der Waals surface area (Å²) in [6, 6.07) is 0.826. The van der Waals surface area contributed by atoms with Gasteiger partial charge in [0.15, 0.2) is 0 Å². The lowest BCUT2D eigenvalue weighted by Gasteiger charge is -2.12. The number of rotatable bonds is 4. The zero-order valence-electron chi connectivity index (χ0n) is 10.6. The summed E-state index contributed by atoms with van der Waals surface area (Å²) in [4.78, 5) is 7.94. The molecule has 1 atom stereocenters. The Kier molecular flexibility index (Phi) is 4.66. The molecule has 5 nitrogen and oxygen atoms in total. The van der Waals surface area contributed by atoms with Gasteiger partial charge in [0.2, 0.25) is 10.0 Å². The van der Waals surface area contributed by atoms with E-state index in [2.05, 4.69) is 14.7 Å². The van der Waals surface area contributed by atoms with Crippen LogP contribution in [0.5, 0.6) is 0 Å². The van der Waals surface area contributed by atoms with Gasteiger partial charge in [-0.25, -0.2) is 23.1 Å². The average molecular weight is 352 g/mol. The van der Waals surface area contributed by atoms with E-state index in [0.717, 1.165) is 11.9 Å². The van der Waals surface area contributed by atoms with Gasteiger partial charge >= 0.3 is 0 Å². The molecule has 1 N–H and O–H groups in total. The standard InChI is InChI=1S/C11H11Cl2N3O2S2/c1-6-5-19-11(15-6)7(2)16-20(17,18)8-3-9(12)10(13)14-4-8/h3-5,7,16H,1-2H3. The number of pyridine rings is 1. The number of sulfonamides is 1. The maximum Gasteiger partial charge on any atom is 0.242 e. The van der Waals surface area contributed by atoms with E-state index in [-0.39, 0.29) is 15.1 Å². The molecule has 0 aromatic carbocycles. The molecular weight excluding hydrogens is 341 g/mol. The molecule has 20 heavy (non-hydrogen) atoms. The minimum Gasteiger partial charge on any atom is -0.245 e. The van der Waals surface area contributed by atoms with Crippen LogP contribution in [0.4, 0.5) is 0 Å². The molecule has 2 aromatic heterocycles. The van der Waals surface area contributed by atoms with Crippen molar-refractivity contribution in [3.63, 3.8) is 0 Å². The molecule has 0 aliphatic rings. The summed E-state index contributed by atoms with van der Waals surface area (Å²) in [7, 11) is -3.73. The molecule has 0 saturated carbocycles. The molecular formula is C11H11Cl2N3O2S2. The number of hydrogen-bond donors (Lipinski definition) is 1. The van der Waals surface area contributed by atoms with Gasteiger partial charge in [-0.1, -0.05) is 23.2 Å². The Bertz CT molecular complexity index is 731. The molecule has 0 amide bonds. The highest BCUT2D eigenvalue weighted by Gasteiger charge is 2.21. The van der Waals surface area contributed by atoms with Crippen molar-refractivity contribution >= 4 is 44.6 Å². The second-order valence-electron chi connectivity index (χ2n) is 4.11. The largest absolute Gasteiger partial charge is 0.245 e. The summed E-state index contributed by atoms with van der Waals surface area (Å²) in [5.41, 5.74) is 0.854. The van der Waals surface area contributed by atoms with Gasteiger partial charge in [0.05, 0.1) is 11.1 Å². The lowest BCUT2D eigenvalue weighted by molar-refractivity contribution is 0.565. The van der Waals surface area contributed by atoms with Crippen LogP contribution >= 0.6 is 34.5 Å². The first-order chi connectivity index (χ1) is 9.29. The normalized spacial score (nSPS) is 13.4. The van der Waals surface area contributed by atoms with E-state index in [1.807, 2.05) is 12.3 Å². The van der Waals surface area contributed by atoms with Gasteiger partial charge in [-0.15, -0.1) is 11.3 Å². The molecule has 0 radical (unpaired) electrons. The lowest BCUT2D eigenvalue weighted by Crippen LogP contribution is -2.27. The molecule has 0 spiro atoms. The van der Waals surface area contributed by atoms with Crippen molar-refractivity contribution in [2.24, 2.45) is 0 Å². The summed E-state index contributed by atoms with van der Waals surface area (Å²) >= 11 is 12.8. The van der Waals surface area contributed by atoms with Crippen molar-refractivity contribution in [1.29, 1.82) is 0 Å². The Morgan fingerprint density at radius 2 is 2.10 bits per heavy atom. The SMILES string of the molecule is Cc1csc(C(C)NS(=O)(=O)c2cnc(Cl)c(Cl)c2)n1. The van der Waals surface area contributed by atoms with E-state index in [1.165, 1.54) is 17.4 Å². The zero-order chi connectivity index (χ0) is 14.9. The van der Waals surface area contributed by atoms with E-state index in [4.69, 9.17) is 23.2 Å². The van der Waals surface area contributed by atoms with Crippen molar-refractivity contribution in [2.75, 3.05) is 0 Å². The van der Waals surface area contributed by atoms with Gasteiger partial charge in [-0.2, -0.15) is 0 Å². The van der Waals surface area contributed by atoms with Gasteiger partial charge < -0.3 is 0 Å². The molecule has 2 aromatic rings. The lowest BCUT2D eigenvalue weighted by atomic mass is 10.4. The minimum absolute atomic E-state index is 0.0352. The molecule has 9 heteroatoms. The van der Waals surface area contributed by atoms with Crippen molar-refractivity contribution in [1.82, 2.24) is 14.7 Å². The summed E-state index contributed by atoms with van der Waals surface area (Å²) < 4.78 is 26.9. The van der Waals surface area contributed by atoms with E-state index < -0.39 is 16.1 Å². The average Bonchev–Trinajstić information content (AvgIpc) is 2.79. The highest BCUT2D eigenvalue weighted by Crippen LogP contribution is 2.24. The first-order valence-corrected chi connectivity index (χ1v) is 8.67. The number of aromatic nitrogens is 2. The van der Waals surface area contributed by atoms with Gasteiger partial charge in [0, 0.05) is 17.3 Å². The molecule has 0 fully saturated rings. The molecule has 1 unspecified atom stereocenters. The van der Waals surface area contributed by atoms with Gasteiger partial charge in [0.1, 0.15) is 15.1 Å². The number of halogens is 2. The highest BCUT2D eigenvalue weighted by atomic mass is 35.5. The minimum atomic E-state index is -3.73. The van der Waals surface area contributed by atoms with Crippen molar-refractivity contribution in [3.8, 4) is 0 Å². The van der Waals surface area contributed by atoms with Crippen LogP contribution in [0.3, 0.4) is 0 Å². The summed E-state index contributed by atoms with van der Waals surface area (Å²) in [6.07, 6.45) is 1.16. The van der Waals surface area contributed by atoms with Crippen molar-refractivity contribution in [2.45, 2.75) is 24.8 Å². The maximum absolute atomic E-state index is 12.2. The second kappa shape index (κ2) is 5.95. The second-order valence-corrected chi connectivity index (χ2v) is 7.48. The van der Waals surface area contributed by atoms with Crippen LogP contribution in [0.1, 0.15) is 23.7 Å². The third kappa shape index (κ3) is 3.48. The van der Waals surface area contributed by atoms with Gasteiger partial charge in [-0.05, 0) is 19.9 Å². The van der Waals surface area contributed by atoms with Crippen molar-refractivity contribution in [3.05, 3.63) is 38.5 Å². The fourth-order valence-corrected chi connectivity index (χ4v) is 3.86. The zero-order valence-corrected chi connectivity index (χ0v) is 13.7. The molecule has 2 heterocycles. The van der Waals surface area contributed by atoms with E-state index in [9.17, 15) is 8.42 Å². The number of nitrogens with one attached hydrogen (secondary N) is 1. The number of aryl methyl sites for hydroxylation is 1. The van der Waals surface area contributed by atoms with Crippen LogP contribution in [-0.2, 0) is 10.0 Å². The Morgan fingerprint density at radius 1 is 1.40 bits per heavy atom. The van der Waals surface area contributed by atoms with E-state index in [1.54, 1.807) is 6.92 Å². The first kappa shape index (κ1) is 15.7. The van der Waals surface area contributed by atoms with Crippen LogP contribution in [0.2, 0.25) is 10.2 Å². The van der Waals surface area contributed by atoms with E-state index in [0.29, 0.717) is 5.01 Å². The topological polar surface area (TPSA) is 72.0 Å². The monoisotopic (exact) mass is 351 g/mol. The summed E-state index contributed by atoms with van der Waals surface area (Å²) in [6.45, 7) is 3.57. The van der Waals surface area contributed by atoms with Crippen LogP contribution < -0.4 is 4.72 Å². The predicted octanol–water partition coefficient (Wildman–Crippen LogP) is 3.19. The third-order valence-corrected chi connectivity index (χ3v) is 5.76. The number of nitrogens with zero attached hydrogens (tertiary/aromatic N) is 2. The van der Waals surface area contributed by atoms with Crippen LogP contribution in [0, 0.1) is 6.92 Å². The fraction of sp³-hybridized carbons (Fsp3) is 0.273. The fourth-order valence-electron chi connectivity index (χ4n) is 1.47. The molecule has 0 aliphatic carbocycles. The van der Waals surface area contributed by atoms with Gasteiger partial charge in [-0.3, -0.25) is 0 Å². The van der Waals surface area contributed by atoms with Gasteiger partial charge in [0.25, 0.3) is 0 Å². The smallest absolute Gasteiger partial charge is 0.242 e. The Morgan fingerprint density at radius 3 is 2.65 bits per heavy atom. The highest BCUT2D eigenvalue weighted by molar-refractivity contribution is 7.89. The van der Waals surface area contributed by atoms with Crippen molar-refractivity contribution < 1.29 is 8.42 Å². The van der Waals surface area contributed by atoms with Crippen LogP contribution in [0.15, 0.2) is 22.5 Å². The molecule has 2 rings (SSSR count). The Hall–Kier alpha value is -0.730. The quantitative estimate of drug-likeness (QED) is 0.858. The predicted molar refractivity (Wildman–Crippen MR) is 79.8 cm³/mol. The number of thiazole rings is 1. The number of hydrogen-bond acceptors (Lipinski definition) is 5. The maximum atomic E-state index is 12.2. The summed E-state index contributed by atoms with van der Waals surface area (Å²) in [5.74, 6) is 0. The summed E-state index contributed by atoms with van der Waals surface area (Å²) in [5, 5.41) is 2.71. The Balaban J connectivity index is 2.24. The van der Waals surface area contributed by atoms with Crippen LogP contribution in [-0.4, -0.2) is 18.4 Å². The molecule has 0 saturated heterocycles. The third-order valence-electron chi connectivity index (χ3n) is 2.42. The van der Waals surface area contributed by atoms with E-state index >= 15 is 0 Å².